The molecular formula is C42H46N4. The first-order chi connectivity index (χ1) is 22.5. The first kappa shape index (κ1) is 32.4. The van der Waals surface area contributed by atoms with E-state index in [1.807, 2.05) is 0 Å². The summed E-state index contributed by atoms with van der Waals surface area (Å²) >= 11 is 0. The maximum Gasteiger partial charge on any atom is 0.133 e. The van der Waals surface area contributed by atoms with Gasteiger partial charge in [-0.2, -0.15) is 0 Å². The lowest BCUT2D eigenvalue weighted by molar-refractivity contribution is 0.403. The van der Waals surface area contributed by atoms with Gasteiger partial charge in [-0.25, -0.2) is 9.97 Å². The predicted octanol–water partition coefficient (Wildman–Crippen LogP) is 10.7. The lowest BCUT2D eigenvalue weighted by atomic mass is 10.0. The Morgan fingerprint density at radius 2 is 1.80 bits per heavy atom. The number of pyridine rings is 2. The Labute approximate surface area is 276 Å². The number of hydrogen-bond acceptors (Lipinski definition) is 4. The average molecular weight is 607 g/mol. The molecule has 2 aliphatic carbocycles. The van der Waals surface area contributed by atoms with E-state index in [1.165, 1.54) is 17.0 Å². The number of anilines is 1. The fourth-order valence-corrected chi connectivity index (χ4v) is 5.81. The minimum Gasteiger partial charge on any atom is -0.350 e. The molecule has 4 heteroatoms. The Morgan fingerprint density at radius 1 is 0.957 bits per heavy atom. The largest absolute Gasteiger partial charge is 0.350 e. The van der Waals surface area contributed by atoms with Crippen molar-refractivity contribution in [1.29, 1.82) is 0 Å². The summed E-state index contributed by atoms with van der Waals surface area (Å²) in [6.45, 7) is 9.51. The van der Waals surface area contributed by atoms with Crippen LogP contribution in [0.3, 0.4) is 0 Å². The molecule has 0 aromatic carbocycles. The molecule has 46 heavy (non-hydrogen) atoms. The Balaban J connectivity index is 1.52. The second-order valence-corrected chi connectivity index (χ2v) is 11.8. The van der Waals surface area contributed by atoms with E-state index in [0.717, 1.165) is 84.7 Å². The van der Waals surface area contributed by atoms with Gasteiger partial charge in [0.15, 0.2) is 0 Å². The van der Waals surface area contributed by atoms with E-state index in [-0.39, 0.29) is 0 Å². The van der Waals surface area contributed by atoms with Gasteiger partial charge in [0.2, 0.25) is 0 Å². The minimum atomic E-state index is 0.829. The van der Waals surface area contributed by atoms with Crippen LogP contribution in [0.2, 0.25) is 0 Å². The third kappa shape index (κ3) is 8.60. The lowest BCUT2D eigenvalue weighted by Gasteiger charge is -2.35. The van der Waals surface area contributed by atoms with E-state index >= 15 is 0 Å². The zero-order chi connectivity index (χ0) is 32.1. The van der Waals surface area contributed by atoms with E-state index in [0.29, 0.717) is 0 Å². The Hall–Kier alpha value is -4.96. The van der Waals surface area contributed by atoms with Gasteiger partial charge in [0, 0.05) is 43.2 Å². The maximum atomic E-state index is 5.26. The van der Waals surface area contributed by atoms with Crippen LogP contribution in [0.25, 0.3) is 22.4 Å². The summed E-state index contributed by atoms with van der Waals surface area (Å²) in [4.78, 5) is 15.1. The molecule has 0 fully saturated rings. The van der Waals surface area contributed by atoms with Gasteiger partial charge in [-0.3, -0.25) is 0 Å². The summed E-state index contributed by atoms with van der Waals surface area (Å²) in [7, 11) is 2.15. The summed E-state index contributed by atoms with van der Waals surface area (Å²) in [5, 5.41) is 0. The van der Waals surface area contributed by atoms with Crippen molar-refractivity contribution < 1.29 is 0 Å². The molecule has 0 spiro atoms. The first-order valence-corrected chi connectivity index (χ1v) is 16.5. The lowest BCUT2D eigenvalue weighted by Crippen LogP contribution is -2.31. The normalized spacial score (nSPS) is 16.8. The van der Waals surface area contributed by atoms with Crippen molar-refractivity contribution in [2.24, 2.45) is 0 Å². The molecule has 4 nitrogen and oxygen atoms in total. The van der Waals surface area contributed by atoms with Gasteiger partial charge in [-0.1, -0.05) is 110 Å². The molecule has 0 amide bonds. The van der Waals surface area contributed by atoms with Crippen molar-refractivity contribution in [3.8, 4) is 11.3 Å². The number of hydrogen-bond donors (Lipinski definition) is 0. The molecule has 3 aliphatic rings. The molecular weight excluding hydrogens is 560 g/mol. The van der Waals surface area contributed by atoms with E-state index in [1.54, 1.807) is 0 Å². The van der Waals surface area contributed by atoms with Crippen molar-refractivity contribution in [3.63, 3.8) is 0 Å². The Bertz CT molecular complexity index is 1720. The van der Waals surface area contributed by atoms with Crippen LogP contribution >= 0.6 is 0 Å². The summed E-state index contributed by atoms with van der Waals surface area (Å²) in [6.07, 6.45) is 39.8. The number of aromatic nitrogens is 2. The highest BCUT2D eigenvalue weighted by molar-refractivity contribution is 5.79. The van der Waals surface area contributed by atoms with Crippen LogP contribution in [0.4, 0.5) is 5.82 Å². The number of nitrogens with zero attached hydrogens (tertiary/aromatic N) is 4. The summed E-state index contributed by atoms with van der Waals surface area (Å²) < 4.78 is 0. The van der Waals surface area contributed by atoms with Crippen molar-refractivity contribution >= 4 is 17.0 Å². The zero-order valence-corrected chi connectivity index (χ0v) is 27.6. The van der Waals surface area contributed by atoms with Gasteiger partial charge in [0.1, 0.15) is 5.82 Å². The van der Waals surface area contributed by atoms with Crippen LogP contribution < -0.4 is 4.90 Å². The second kappa shape index (κ2) is 16.4. The predicted molar refractivity (Wildman–Crippen MR) is 198 cm³/mol. The van der Waals surface area contributed by atoms with Crippen LogP contribution in [-0.4, -0.2) is 28.5 Å². The molecule has 5 rings (SSSR count). The quantitative estimate of drug-likeness (QED) is 0.188. The smallest absolute Gasteiger partial charge is 0.133 e. The molecule has 234 valence electrons. The van der Waals surface area contributed by atoms with Gasteiger partial charge in [0.25, 0.3) is 0 Å². The Morgan fingerprint density at radius 3 is 2.67 bits per heavy atom. The van der Waals surface area contributed by atoms with Crippen LogP contribution in [0.15, 0.2) is 151 Å². The summed E-state index contributed by atoms with van der Waals surface area (Å²) in [5.74, 6) is 0.930. The van der Waals surface area contributed by atoms with E-state index in [4.69, 9.17) is 9.97 Å². The van der Waals surface area contributed by atoms with Gasteiger partial charge < -0.3 is 9.80 Å². The molecule has 0 radical (unpaired) electrons. The molecule has 0 saturated carbocycles. The minimum absolute atomic E-state index is 0.829. The SMILES string of the molecule is C=C(C)CC1=C(N(C)c2cccc(-c3cc(C4=CCC=CC=C4)nc(C4=CC=CC=CC4)c3)n2)CCCN1/C=C/C=C\C=C/CC. The maximum absolute atomic E-state index is 5.26. The highest BCUT2D eigenvalue weighted by Gasteiger charge is 2.23. The third-order valence-corrected chi connectivity index (χ3v) is 8.15. The monoisotopic (exact) mass is 606 g/mol. The molecule has 0 bridgehead atoms. The highest BCUT2D eigenvalue weighted by atomic mass is 15.2. The van der Waals surface area contributed by atoms with Gasteiger partial charge >= 0.3 is 0 Å². The molecule has 2 aromatic heterocycles. The topological polar surface area (TPSA) is 32.3 Å². The molecule has 3 heterocycles. The number of rotatable bonds is 11. The molecule has 0 N–H and O–H groups in total. The van der Waals surface area contributed by atoms with Crippen molar-refractivity contribution in [3.05, 3.63) is 163 Å². The van der Waals surface area contributed by atoms with Crippen molar-refractivity contribution in [2.75, 3.05) is 18.5 Å². The van der Waals surface area contributed by atoms with Gasteiger partial charge in [-0.15, -0.1) is 0 Å². The summed E-state index contributed by atoms with van der Waals surface area (Å²) in [6, 6.07) is 10.7. The molecule has 0 atom stereocenters. The molecule has 2 aromatic rings. The first-order valence-electron chi connectivity index (χ1n) is 16.5. The van der Waals surface area contributed by atoms with Crippen LogP contribution in [0.1, 0.15) is 63.8 Å². The van der Waals surface area contributed by atoms with Crippen molar-refractivity contribution in [1.82, 2.24) is 14.9 Å². The van der Waals surface area contributed by atoms with E-state index < -0.39 is 0 Å². The molecule has 0 unspecified atom stereocenters. The number of allylic oxidation sites excluding steroid dienone is 19. The van der Waals surface area contributed by atoms with E-state index in [2.05, 4.69) is 165 Å². The van der Waals surface area contributed by atoms with Crippen molar-refractivity contribution in [2.45, 2.75) is 52.4 Å². The van der Waals surface area contributed by atoms with E-state index in [9.17, 15) is 0 Å². The van der Waals surface area contributed by atoms with Crippen LogP contribution in [-0.2, 0) is 0 Å². The highest BCUT2D eigenvalue weighted by Crippen LogP contribution is 2.33. The Kier molecular flexibility index (Phi) is 11.5. The average Bonchev–Trinajstić information content (AvgIpc) is 3.53. The fraction of sp³-hybridized carbons (Fsp3) is 0.238. The van der Waals surface area contributed by atoms with Gasteiger partial charge in [-0.05, 0) is 80.5 Å². The third-order valence-electron chi connectivity index (χ3n) is 8.15. The molecule has 0 saturated heterocycles. The zero-order valence-electron chi connectivity index (χ0n) is 27.6. The summed E-state index contributed by atoms with van der Waals surface area (Å²) in [5.41, 5.74) is 10.00. The second-order valence-electron chi connectivity index (χ2n) is 11.8. The fourth-order valence-electron chi connectivity index (χ4n) is 5.81. The van der Waals surface area contributed by atoms with Crippen LogP contribution in [0, 0.1) is 0 Å². The van der Waals surface area contributed by atoms with Gasteiger partial charge in [0.05, 0.1) is 17.1 Å². The molecule has 1 aliphatic heterocycles. The standard InChI is InChI=1S/C42H46N4/c1-5-6-7-8-13-18-28-46-29-20-26-40(41(46)30-33(2)3)45(4)42-27-19-25-37(44-42)36-31-38(34-21-14-9-10-15-22-34)43-39(32-36)35-23-16-11-12-17-24-35/h6-16,18-19,21,23-25,27-28,31-32H,2,5,17,20,22,26,29-30H2,1,3-4H3/b7-6-,13-8-,28-18+. The van der Waals surface area contributed by atoms with Crippen LogP contribution in [0.5, 0.6) is 0 Å².